The van der Waals surface area contributed by atoms with Gasteiger partial charge in [-0.2, -0.15) is 0 Å². The van der Waals surface area contributed by atoms with Crippen molar-refractivity contribution in [2.24, 2.45) is 5.41 Å². The van der Waals surface area contributed by atoms with Crippen molar-refractivity contribution in [2.45, 2.75) is 26.7 Å². The molecular formula is C14H19BrFNO. The summed E-state index contributed by atoms with van der Waals surface area (Å²) in [6, 6.07) is 6.37. The fraction of sp³-hybridized carbons (Fsp3) is 0.500. The van der Waals surface area contributed by atoms with Crippen LogP contribution in [-0.2, 0) is 11.2 Å². The van der Waals surface area contributed by atoms with Crippen LogP contribution in [0.15, 0.2) is 24.3 Å². The number of hydrogen-bond acceptors (Lipinski definition) is 1. The SMILES string of the molecule is CC(C)(CCBr)CNC(=O)Cc1ccccc1F. The molecule has 0 bridgehead atoms. The molecule has 0 saturated carbocycles. The fourth-order valence-corrected chi connectivity index (χ4v) is 2.63. The maximum atomic E-state index is 13.4. The molecule has 0 aromatic heterocycles. The molecule has 0 aliphatic rings. The van der Waals surface area contributed by atoms with Crippen LogP contribution in [-0.4, -0.2) is 17.8 Å². The van der Waals surface area contributed by atoms with Gasteiger partial charge < -0.3 is 5.32 Å². The van der Waals surface area contributed by atoms with Crippen molar-refractivity contribution >= 4 is 21.8 Å². The number of carbonyl (C=O) groups excluding carboxylic acids is 1. The molecule has 2 nitrogen and oxygen atoms in total. The molecule has 1 rings (SSSR count). The van der Waals surface area contributed by atoms with Gasteiger partial charge in [-0.25, -0.2) is 4.39 Å². The molecule has 0 spiro atoms. The van der Waals surface area contributed by atoms with E-state index in [4.69, 9.17) is 0 Å². The largest absolute Gasteiger partial charge is 0.355 e. The van der Waals surface area contributed by atoms with Crippen LogP contribution in [0.25, 0.3) is 0 Å². The van der Waals surface area contributed by atoms with Crippen LogP contribution in [0.2, 0.25) is 0 Å². The van der Waals surface area contributed by atoms with E-state index in [1.165, 1.54) is 6.07 Å². The summed E-state index contributed by atoms with van der Waals surface area (Å²) in [4.78, 5) is 11.7. The van der Waals surface area contributed by atoms with E-state index in [0.29, 0.717) is 12.1 Å². The molecule has 0 heterocycles. The first-order chi connectivity index (χ1) is 8.44. The summed E-state index contributed by atoms with van der Waals surface area (Å²) in [6.07, 6.45) is 1.07. The summed E-state index contributed by atoms with van der Waals surface area (Å²) in [5.74, 6) is -0.463. The molecule has 0 radical (unpaired) electrons. The second kappa shape index (κ2) is 6.88. The average molecular weight is 316 g/mol. The summed E-state index contributed by atoms with van der Waals surface area (Å²) in [7, 11) is 0. The number of halogens is 2. The van der Waals surface area contributed by atoms with Crippen molar-refractivity contribution in [1.29, 1.82) is 0 Å². The Kier molecular flexibility index (Phi) is 5.79. The number of rotatable bonds is 6. The lowest BCUT2D eigenvalue weighted by Crippen LogP contribution is -2.35. The van der Waals surface area contributed by atoms with E-state index in [2.05, 4.69) is 35.1 Å². The molecule has 0 aliphatic heterocycles. The molecule has 18 heavy (non-hydrogen) atoms. The van der Waals surface area contributed by atoms with Crippen molar-refractivity contribution in [3.05, 3.63) is 35.6 Å². The number of benzene rings is 1. The van der Waals surface area contributed by atoms with Crippen molar-refractivity contribution in [2.75, 3.05) is 11.9 Å². The number of amides is 1. The molecule has 1 N–H and O–H groups in total. The number of alkyl halides is 1. The van der Waals surface area contributed by atoms with Gasteiger partial charge in [0.2, 0.25) is 5.91 Å². The molecule has 0 atom stereocenters. The van der Waals surface area contributed by atoms with Crippen LogP contribution in [0.1, 0.15) is 25.8 Å². The Balaban J connectivity index is 2.46. The van der Waals surface area contributed by atoms with Crippen molar-refractivity contribution in [3.8, 4) is 0 Å². The Morgan fingerprint density at radius 1 is 1.39 bits per heavy atom. The lowest BCUT2D eigenvalue weighted by molar-refractivity contribution is -0.120. The minimum atomic E-state index is -0.327. The van der Waals surface area contributed by atoms with E-state index in [1.54, 1.807) is 18.2 Å². The Morgan fingerprint density at radius 2 is 2.06 bits per heavy atom. The molecule has 0 fully saturated rings. The summed E-state index contributed by atoms with van der Waals surface area (Å²) in [6.45, 7) is 4.79. The monoisotopic (exact) mass is 315 g/mol. The topological polar surface area (TPSA) is 29.1 Å². The highest BCUT2D eigenvalue weighted by atomic mass is 79.9. The van der Waals surface area contributed by atoms with E-state index >= 15 is 0 Å². The lowest BCUT2D eigenvalue weighted by Gasteiger charge is -2.23. The van der Waals surface area contributed by atoms with Crippen molar-refractivity contribution in [3.63, 3.8) is 0 Å². The highest BCUT2D eigenvalue weighted by molar-refractivity contribution is 9.09. The number of nitrogens with one attached hydrogen (secondary N) is 1. The molecule has 0 saturated heterocycles. The van der Waals surface area contributed by atoms with E-state index in [9.17, 15) is 9.18 Å². The van der Waals surface area contributed by atoms with Crippen LogP contribution in [0.5, 0.6) is 0 Å². The molecule has 4 heteroatoms. The maximum Gasteiger partial charge on any atom is 0.224 e. The molecule has 1 aromatic rings. The standard InChI is InChI=1S/C14H19BrFNO/c1-14(2,7-8-15)10-17-13(18)9-11-5-3-4-6-12(11)16/h3-6H,7-10H2,1-2H3,(H,17,18). The maximum absolute atomic E-state index is 13.4. The minimum absolute atomic E-state index is 0.0500. The first kappa shape index (κ1) is 15.2. The third-order valence-corrected chi connectivity index (χ3v) is 3.24. The molecule has 0 aliphatic carbocycles. The minimum Gasteiger partial charge on any atom is -0.355 e. The summed E-state index contributed by atoms with van der Waals surface area (Å²) in [5, 5.41) is 3.76. The van der Waals surface area contributed by atoms with Gasteiger partial charge in [-0.05, 0) is 23.5 Å². The Hall–Kier alpha value is -0.900. The Labute approximate surface area is 116 Å². The predicted molar refractivity (Wildman–Crippen MR) is 75.3 cm³/mol. The van der Waals surface area contributed by atoms with Gasteiger partial charge in [-0.3, -0.25) is 4.79 Å². The predicted octanol–water partition coefficient (Wildman–Crippen LogP) is 3.30. The van der Waals surface area contributed by atoms with Gasteiger partial charge in [0.1, 0.15) is 5.82 Å². The average Bonchev–Trinajstić information content (AvgIpc) is 2.30. The van der Waals surface area contributed by atoms with Crippen molar-refractivity contribution in [1.82, 2.24) is 5.32 Å². The van der Waals surface area contributed by atoms with Gasteiger partial charge in [0, 0.05) is 11.9 Å². The van der Waals surface area contributed by atoms with Gasteiger partial charge >= 0.3 is 0 Å². The number of hydrogen-bond donors (Lipinski definition) is 1. The van der Waals surface area contributed by atoms with Crippen LogP contribution >= 0.6 is 15.9 Å². The molecular weight excluding hydrogens is 297 g/mol. The smallest absolute Gasteiger partial charge is 0.224 e. The highest BCUT2D eigenvalue weighted by Gasteiger charge is 2.18. The lowest BCUT2D eigenvalue weighted by atomic mass is 9.90. The summed E-state index contributed by atoms with van der Waals surface area (Å²) >= 11 is 3.39. The van der Waals surface area contributed by atoms with E-state index < -0.39 is 0 Å². The molecule has 0 unspecified atom stereocenters. The Bertz CT molecular complexity index is 407. The second-order valence-corrected chi connectivity index (χ2v) is 5.94. The third kappa shape index (κ3) is 5.17. The van der Waals surface area contributed by atoms with E-state index in [0.717, 1.165) is 11.8 Å². The van der Waals surface area contributed by atoms with Gasteiger partial charge in [0.25, 0.3) is 0 Å². The quantitative estimate of drug-likeness (QED) is 0.802. The van der Waals surface area contributed by atoms with Gasteiger partial charge in [-0.1, -0.05) is 48.0 Å². The zero-order chi connectivity index (χ0) is 13.6. The molecule has 1 aromatic carbocycles. The van der Waals surface area contributed by atoms with Crippen molar-refractivity contribution < 1.29 is 9.18 Å². The normalized spacial score (nSPS) is 11.3. The summed E-state index contributed by atoms with van der Waals surface area (Å²) < 4.78 is 13.4. The van der Waals surface area contributed by atoms with Crippen LogP contribution in [0.4, 0.5) is 4.39 Å². The zero-order valence-corrected chi connectivity index (χ0v) is 12.4. The highest BCUT2D eigenvalue weighted by Crippen LogP contribution is 2.20. The third-order valence-electron chi connectivity index (χ3n) is 2.84. The molecule has 1 amide bonds. The summed E-state index contributed by atoms with van der Waals surface area (Å²) in [5.41, 5.74) is 0.488. The molecule has 100 valence electrons. The van der Waals surface area contributed by atoms with E-state index in [-0.39, 0.29) is 23.6 Å². The first-order valence-corrected chi connectivity index (χ1v) is 7.13. The van der Waals surface area contributed by atoms with Crippen LogP contribution in [0.3, 0.4) is 0 Å². The van der Waals surface area contributed by atoms with E-state index in [1.807, 2.05) is 0 Å². The van der Waals surface area contributed by atoms with Gasteiger partial charge in [0.05, 0.1) is 6.42 Å². The number of carbonyl (C=O) groups is 1. The first-order valence-electron chi connectivity index (χ1n) is 6.01. The van der Waals surface area contributed by atoms with Crippen LogP contribution < -0.4 is 5.32 Å². The van der Waals surface area contributed by atoms with Gasteiger partial charge in [-0.15, -0.1) is 0 Å². The fourth-order valence-electron chi connectivity index (χ4n) is 1.56. The Morgan fingerprint density at radius 3 is 2.67 bits per heavy atom. The zero-order valence-electron chi connectivity index (χ0n) is 10.8. The second-order valence-electron chi connectivity index (χ2n) is 5.15. The van der Waals surface area contributed by atoms with Gasteiger partial charge in [0.15, 0.2) is 0 Å². The van der Waals surface area contributed by atoms with Crippen LogP contribution in [0, 0.1) is 11.2 Å².